The minimum absolute atomic E-state index is 0.451. The molecule has 0 aliphatic heterocycles. The van der Waals surface area contributed by atoms with E-state index < -0.39 is 25.4 Å². The fourth-order valence-corrected chi connectivity index (χ4v) is 18.7. The molecule has 0 spiro atoms. The number of nitrogens with zero attached hydrogens (tertiary/aromatic N) is 1. The second-order valence-electron chi connectivity index (χ2n) is 11.5. The first-order chi connectivity index (χ1) is 16.2. The van der Waals surface area contributed by atoms with Crippen molar-refractivity contribution in [1.29, 1.82) is 0 Å². The number of hydrogen-bond acceptors (Lipinski definition) is 5. The monoisotopic (exact) mass is 549 g/mol. The first kappa shape index (κ1) is 35.5. The molecule has 0 aliphatic carbocycles. The predicted molar refractivity (Wildman–Crippen MR) is 160 cm³/mol. The maximum absolute atomic E-state index is 6.27. The van der Waals surface area contributed by atoms with Gasteiger partial charge in [-0.3, -0.25) is 0 Å². The molecule has 0 saturated carbocycles. The Balaban J connectivity index is 6.04. The second kappa shape index (κ2) is 16.4. The molecule has 5 nitrogen and oxygen atoms in total. The van der Waals surface area contributed by atoms with Gasteiger partial charge in [-0.2, -0.15) is 0 Å². The summed E-state index contributed by atoms with van der Waals surface area (Å²) in [4.78, 5) is 0. The van der Waals surface area contributed by atoms with Crippen LogP contribution >= 0.6 is 0 Å². The topological polar surface area (TPSA) is 40.2 Å². The molecule has 0 fully saturated rings. The summed E-state index contributed by atoms with van der Waals surface area (Å²) in [5.74, 6) is 0. The van der Waals surface area contributed by atoms with Crippen LogP contribution in [0.4, 0.5) is 0 Å². The average molecular weight is 550 g/mol. The summed E-state index contributed by atoms with van der Waals surface area (Å²) in [6.07, 6.45) is 2.26. The van der Waals surface area contributed by atoms with Crippen LogP contribution in [-0.2, 0) is 17.7 Å². The molecule has 8 heteroatoms. The molecular formula is C27H63NO4Si3. The van der Waals surface area contributed by atoms with Crippen molar-refractivity contribution >= 4 is 25.4 Å². The van der Waals surface area contributed by atoms with E-state index in [1.54, 1.807) is 0 Å². The predicted octanol–water partition coefficient (Wildman–Crippen LogP) is 8.31. The lowest BCUT2D eigenvalue weighted by atomic mass is 10.3. The van der Waals surface area contributed by atoms with Gasteiger partial charge >= 0.3 is 17.1 Å². The van der Waals surface area contributed by atoms with Gasteiger partial charge in [-0.15, -0.1) is 0 Å². The Kier molecular flexibility index (Phi) is 16.6. The Bertz CT molecular complexity index is 497. The number of hydrogen-bond donors (Lipinski definition) is 0. The Morgan fingerprint density at radius 3 is 0.971 bits per heavy atom. The minimum atomic E-state index is -2.20. The van der Waals surface area contributed by atoms with Crippen molar-refractivity contribution < 1.29 is 17.7 Å². The van der Waals surface area contributed by atoms with Crippen LogP contribution in [-0.4, -0.2) is 69.4 Å². The molecule has 0 amide bonds. The first-order valence-corrected chi connectivity index (χ1v) is 21.5. The van der Waals surface area contributed by atoms with Crippen molar-refractivity contribution in [2.24, 2.45) is 0 Å². The van der Waals surface area contributed by atoms with Crippen molar-refractivity contribution in [2.75, 3.05) is 39.5 Å². The quantitative estimate of drug-likeness (QED) is 0.143. The molecule has 0 heterocycles. The lowest BCUT2D eigenvalue weighted by Gasteiger charge is -2.52. The van der Waals surface area contributed by atoms with Crippen LogP contribution in [0.2, 0.25) is 40.8 Å². The zero-order chi connectivity index (χ0) is 27.4. The fourth-order valence-electron chi connectivity index (χ4n) is 6.62. The van der Waals surface area contributed by atoms with Crippen LogP contribution in [0.1, 0.15) is 95.9 Å². The number of rotatable bonds is 20. The highest BCUT2D eigenvalue weighted by Gasteiger charge is 2.49. The van der Waals surface area contributed by atoms with E-state index in [0.29, 0.717) is 27.7 Å². The van der Waals surface area contributed by atoms with E-state index in [-0.39, 0.29) is 0 Å². The van der Waals surface area contributed by atoms with Gasteiger partial charge in [-0.05, 0) is 83.3 Å². The Labute approximate surface area is 223 Å². The molecule has 0 rings (SSSR count). The standard InChI is InChI=1S/C27H63NO4Si3/c1-15-29-33(13,30-16-2)26(11)19-21-28(35(23(5)6,24(7)8)25(9)10)22-20-27(12)34(14,31-17-3)32-18-4/h23-27H,15-22H2,1-14H3. The zero-order valence-electron chi connectivity index (χ0n) is 26.1. The lowest BCUT2D eigenvalue weighted by Crippen LogP contribution is -2.61. The van der Waals surface area contributed by atoms with Gasteiger partial charge in [0.1, 0.15) is 8.24 Å². The van der Waals surface area contributed by atoms with Gasteiger partial charge in [0.2, 0.25) is 0 Å². The maximum Gasteiger partial charge on any atom is 0.337 e. The smallest absolute Gasteiger partial charge is 0.337 e. The summed E-state index contributed by atoms with van der Waals surface area (Å²) in [6, 6.07) is 0. The highest BCUT2D eigenvalue weighted by molar-refractivity contribution is 6.81. The molecule has 0 aliphatic rings. The van der Waals surface area contributed by atoms with E-state index in [1.165, 1.54) is 0 Å². The van der Waals surface area contributed by atoms with E-state index in [1.807, 2.05) is 0 Å². The van der Waals surface area contributed by atoms with Crippen molar-refractivity contribution in [2.45, 2.75) is 137 Å². The van der Waals surface area contributed by atoms with Gasteiger partial charge in [-0.25, -0.2) is 0 Å². The normalized spacial score (nSPS) is 15.6. The molecule has 35 heavy (non-hydrogen) atoms. The Morgan fingerprint density at radius 2 is 0.771 bits per heavy atom. The highest BCUT2D eigenvalue weighted by atomic mass is 28.4. The Morgan fingerprint density at radius 1 is 0.514 bits per heavy atom. The van der Waals surface area contributed by atoms with Gasteiger partial charge < -0.3 is 22.3 Å². The molecule has 0 N–H and O–H groups in total. The van der Waals surface area contributed by atoms with Crippen LogP contribution in [0, 0.1) is 0 Å². The Hall–Kier alpha value is 0.451. The molecule has 0 aromatic rings. The molecule has 0 bridgehead atoms. The zero-order valence-corrected chi connectivity index (χ0v) is 29.1. The molecule has 0 aromatic carbocycles. The van der Waals surface area contributed by atoms with Crippen LogP contribution < -0.4 is 0 Å². The summed E-state index contributed by atoms with van der Waals surface area (Å²) >= 11 is 0. The van der Waals surface area contributed by atoms with Crippen molar-refractivity contribution in [1.82, 2.24) is 4.57 Å². The maximum atomic E-state index is 6.27. The third-order valence-electron chi connectivity index (χ3n) is 8.50. The first-order valence-electron chi connectivity index (χ1n) is 14.5. The summed E-state index contributed by atoms with van der Waals surface area (Å²) in [6.45, 7) is 37.6. The largest absolute Gasteiger partial charge is 0.394 e. The minimum Gasteiger partial charge on any atom is -0.394 e. The molecule has 0 aromatic heterocycles. The van der Waals surface area contributed by atoms with Crippen molar-refractivity contribution in [3.05, 3.63) is 0 Å². The third kappa shape index (κ3) is 9.30. The van der Waals surface area contributed by atoms with Gasteiger partial charge in [-0.1, -0.05) is 55.4 Å². The fraction of sp³-hybridized carbons (Fsp3) is 1.00. The SMILES string of the molecule is CCO[Si](C)(OCC)C(C)CCN(CCC(C)[Si](C)(OCC)OCC)[Si](C(C)C)(C(C)C)C(C)C. The van der Waals surface area contributed by atoms with Crippen LogP contribution in [0.3, 0.4) is 0 Å². The van der Waals surface area contributed by atoms with Crippen molar-refractivity contribution in [3.63, 3.8) is 0 Å². The second-order valence-corrected chi connectivity index (χ2v) is 24.5. The summed E-state index contributed by atoms with van der Waals surface area (Å²) in [7, 11) is -6.18. The average Bonchev–Trinajstić information content (AvgIpc) is 2.74. The molecule has 2 unspecified atom stereocenters. The molecule has 0 saturated heterocycles. The highest BCUT2D eigenvalue weighted by Crippen LogP contribution is 2.45. The van der Waals surface area contributed by atoms with Gasteiger partial charge in [0.15, 0.2) is 0 Å². The van der Waals surface area contributed by atoms with E-state index in [4.69, 9.17) is 17.7 Å². The lowest BCUT2D eigenvalue weighted by molar-refractivity contribution is 0.175. The van der Waals surface area contributed by atoms with Crippen LogP contribution in [0.25, 0.3) is 0 Å². The van der Waals surface area contributed by atoms with Gasteiger partial charge in [0, 0.05) is 37.5 Å². The van der Waals surface area contributed by atoms with Gasteiger partial charge in [0.25, 0.3) is 0 Å². The third-order valence-corrected chi connectivity index (χ3v) is 23.2. The molecule has 0 radical (unpaired) electrons. The van der Waals surface area contributed by atoms with Crippen LogP contribution in [0.15, 0.2) is 0 Å². The van der Waals surface area contributed by atoms with Gasteiger partial charge in [0.05, 0.1) is 0 Å². The van der Waals surface area contributed by atoms with E-state index >= 15 is 0 Å². The summed E-state index contributed by atoms with van der Waals surface area (Å²) in [5, 5.41) is 0. The van der Waals surface area contributed by atoms with Crippen molar-refractivity contribution in [3.8, 4) is 0 Å². The molecule has 212 valence electrons. The van der Waals surface area contributed by atoms with E-state index in [0.717, 1.165) is 52.4 Å². The summed E-state index contributed by atoms with van der Waals surface area (Å²) < 4.78 is 28.1. The van der Waals surface area contributed by atoms with E-state index in [9.17, 15) is 0 Å². The molecule has 2 atom stereocenters. The van der Waals surface area contributed by atoms with Crippen LogP contribution in [0.5, 0.6) is 0 Å². The summed E-state index contributed by atoms with van der Waals surface area (Å²) in [5.41, 5.74) is 2.98. The van der Waals surface area contributed by atoms with E-state index in [2.05, 4.69) is 101 Å². The molecular weight excluding hydrogens is 487 g/mol.